The SMILES string of the molecule is Cc1ccc(-n2c(SCC(=O)NN=CC(Br)=Cc3ccccc3)nnc2-c2ccccc2)cc1. The van der Waals surface area contributed by atoms with Gasteiger partial charge in [0.2, 0.25) is 0 Å². The van der Waals surface area contributed by atoms with Crippen molar-refractivity contribution < 1.29 is 4.79 Å². The number of thioether (sulfide) groups is 1. The minimum absolute atomic E-state index is 0.149. The number of nitrogens with one attached hydrogen (secondary N) is 1. The lowest BCUT2D eigenvalue weighted by Gasteiger charge is -2.10. The summed E-state index contributed by atoms with van der Waals surface area (Å²) in [5, 5.41) is 13.4. The monoisotopic (exact) mass is 531 g/mol. The molecular weight excluding hydrogens is 510 g/mol. The Morgan fingerprint density at radius 3 is 2.38 bits per heavy atom. The van der Waals surface area contributed by atoms with Crippen molar-refractivity contribution in [2.24, 2.45) is 5.10 Å². The summed E-state index contributed by atoms with van der Waals surface area (Å²) in [6.45, 7) is 2.04. The molecule has 0 fully saturated rings. The molecule has 0 radical (unpaired) electrons. The predicted molar refractivity (Wildman–Crippen MR) is 142 cm³/mol. The summed E-state index contributed by atoms with van der Waals surface area (Å²) >= 11 is 4.75. The van der Waals surface area contributed by atoms with Crippen molar-refractivity contribution in [2.75, 3.05) is 5.75 Å². The average molecular weight is 532 g/mol. The molecule has 4 rings (SSSR count). The minimum Gasteiger partial charge on any atom is -0.272 e. The maximum absolute atomic E-state index is 12.4. The minimum atomic E-state index is -0.235. The Morgan fingerprint density at radius 1 is 1.00 bits per heavy atom. The predicted octanol–water partition coefficient (Wildman–Crippen LogP) is 5.87. The van der Waals surface area contributed by atoms with Crippen molar-refractivity contribution in [3.8, 4) is 17.1 Å². The second-order valence-electron chi connectivity index (χ2n) is 7.36. The van der Waals surface area contributed by atoms with Gasteiger partial charge in [0.25, 0.3) is 5.91 Å². The molecular formula is C26H22BrN5OS. The van der Waals surface area contributed by atoms with Crippen molar-refractivity contribution in [1.82, 2.24) is 20.2 Å². The van der Waals surface area contributed by atoms with Gasteiger partial charge >= 0.3 is 0 Å². The van der Waals surface area contributed by atoms with E-state index in [9.17, 15) is 4.79 Å². The van der Waals surface area contributed by atoms with Crippen molar-refractivity contribution in [1.29, 1.82) is 0 Å². The van der Waals surface area contributed by atoms with E-state index in [2.05, 4.69) is 36.7 Å². The van der Waals surface area contributed by atoms with Crippen LogP contribution >= 0.6 is 27.7 Å². The van der Waals surface area contributed by atoms with Crippen LogP contribution in [0.2, 0.25) is 0 Å². The highest BCUT2D eigenvalue weighted by atomic mass is 79.9. The normalized spacial score (nSPS) is 11.6. The Morgan fingerprint density at radius 2 is 1.68 bits per heavy atom. The van der Waals surface area contributed by atoms with Crippen molar-refractivity contribution in [2.45, 2.75) is 12.1 Å². The lowest BCUT2D eigenvalue weighted by atomic mass is 10.2. The summed E-state index contributed by atoms with van der Waals surface area (Å²) in [6, 6.07) is 27.9. The van der Waals surface area contributed by atoms with Crippen LogP contribution in [0.15, 0.2) is 99.7 Å². The molecule has 1 N–H and O–H groups in total. The van der Waals surface area contributed by atoms with Crippen LogP contribution in [-0.4, -0.2) is 32.6 Å². The molecule has 0 unspecified atom stereocenters. The number of carbonyl (C=O) groups is 1. The van der Waals surface area contributed by atoms with Gasteiger partial charge in [0.1, 0.15) is 0 Å². The summed E-state index contributed by atoms with van der Waals surface area (Å²) < 4.78 is 2.72. The topological polar surface area (TPSA) is 72.2 Å². The molecule has 0 aliphatic heterocycles. The number of amides is 1. The molecule has 1 amide bonds. The van der Waals surface area contributed by atoms with E-state index in [1.54, 1.807) is 6.21 Å². The van der Waals surface area contributed by atoms with Gasteiger partial charge in [0.15, 0.2) is 11.0 Å². The highest BCUT2D eigenvalue weighted by Gasteiger charge is 2.17. The zero-order valence-corrected chi connectivity index (χ0v) is 20.8. The van der Waals surface area contributed by atoms with Gasteiger partial charge in [-0.15, -0.1) is 10.2 Å². The van der Waals surface area contributed by atoms with E-state index >= 15 is 0 Å². The maximum atomic E-state index is 12.4. The summed E-state index contributed by atoms with van der Waals surface area (Å²) in [7, 11) is 0. The molecule has 1 heterocycles. The van der Waals surface area contributed by atoms with Crippen molar-refractivity contribution in [3.05, 3.63) is 101 Å². The first-order valence-corrected chi connectivity index (χ1v) is 12.3. The molecule has 0 bridgehead atoms. The molecule has 6 nitrogen and oxygen atoms in total. The molecule has 8 heteroatoms. The largest absolute Gasteiger partial charge is 0.272 e. The molecule has 34 heavy (non-hydrogen) atoms. The Bertz CT molecular complexity index is 1300. The summed E-state index contributed by atoms with van der Waals surface area (Å²) in [6.07, 6.45) is 3.47. The second kappa shape index (κ2) is 11.6. The Labute approximate surface area is 210 Å². The van der Waals surface area contributed by atoms with E-state index in [0.717, 1.165) is 32.7 Å². The molecule has 1 aromatic heterocycles. The van der Waals surface area contributed by atoms with Crippen LogP contribution in [0.25, 0.3) is 23.2 Å². The first kappa shape index (κ1) is 23.7. The highest BCUT2D eigenvalue weighted by molar-refractivity contribution is 9.12. The number of hydrazone groups is 1. The van der Waals surface area contributed by atoms with E-state index in [1.165, 1.54) is 11.8 Å². The van der Waals surface area contributed by atoms with Crippen LogP contribution in [0.3, 0.4) is 0 Å². The molecule has 0 saturated heterocycles. The van der Waals surface area contributed by atoms with E-state index in [0.29, 0.717) is 5.16 Å². The van der Waals surface area contributed by atoms with Crippen LogP contribution in [-0.2, 0) is 4.79 Å². The van der Waals surface area contributed by atoms with Gasteiger partial charge in [-0.05, 0) is 46.6 Å². The molecule has 0 aliphatic rings. The number of aryl methyl sites for hydroxylation is 1. The third-order valence-electron chi connectivity index (χ3n) is 4.77. The van der Waals surface area contributed by atoms with Crippen LogP contribution in [0.5, 0.6) is 0 Å². The lowest BCUT2D eigenvalue weighted by molar-refractivity contribution is -0.118. The summed E-state index contributed by atoms with van der Waals surface area (Å²) in [5.74, 6) is 0.636. The van der Waals surface area contributed by atoms with Crippen LogP contribution in [0.4, 0.5) is 0 Å². The fraction of sp³-hybridized carbons (Fsp3) is 0.0769. The van der Waals surface area contributed by atoms with Gasteiger partial charge in [0.05, 0.1) is 12.0 Å². The molecule has 3 aromatic carbocycles. The van der Waals surface area contributed by atoms with Crippen molar-refractivity contribution in [3.63, 3.8) is 0 Å². The Balaban J connectivity index is 1.45. The van der Waals surface area contributed by atoms with E-state index in [4.69, 9.17) is 0 Å². The van der Waals surface area contributed by atoms with E-state index < -0.39 is 0 Å². The Kier molecular flexibility index (Phi) is 8.06. The summed E-state index contributed by atoms with van der Waals surface area (Å²) in [5.41, 5.74) is 6.64. The third kappa shape index (κ3) is 6.30. The molecule has 0 atom stereocenters. The van der Waals surface area contributed by atoms with Gasteiger partial charge in [-0.1, -0.05) is 90.1 Å². The first-order chi connectivity index (χ1) is 16.6. The van der Waals surface area contributed by atoms with E-state index in [1.807, 2.05) is 102 Å². The highest BCUT2D eigenvalue weighted by Crippen LogP contribution is 2.28. The number of rotatable bonds is 8. The second-order valence-corrected chi connectivity index (χ2v) is 9.22. The average Bonchev–Trinajstić information content (AvgIpc) is 3.28. The molecule has 170 valence electrons. The van der Waals surface area contributed by atoms with E-state index in [-0.39, 0.29) is 11.7 Å². The molecule has 4 aromatic rings. The first-order valence-electron chi connectivity index (χ1n) is 10.5. The fourth-order valence-electron chi connectivity index (χ4n) is 3.14. The quantitative estimate of drug-likeness (QED) is 0.175. The smallest absolute Gasteiger partial charge is 0.250 e. The number of hydrogen-bond acceptors (Lipinski definition) is 5. The van der Waals surface area contributed by atoms with Gasteiger partial charge in [-0.25, -0.2) is 5.43 Å². The molecule has 0 spiro atoms. The van der Waals surface area contributed by atoms with Crippen molar-refractivity contribution >= 4 is 45.9 Å². The molecule has 0 saturated carbocycles. The summed E-state index contributed by atoms with van der Waals surface area (Å²) in [4.78, 5) is 12.4. The van der Waals surface area contributed by atoms with Crippen LogP contribution < -0.4 is 5.43 Å². The number of halogens is 1. The number of nitrogens with zero attached hydrogens (tertiary/aromatic N) is 4. The number of carbonyl (C=O) groups excluding carboxylic acids is 1. The fourth-order valence-corrected chi connectivity index (χ4v) is 4.25. The van der Waals surface area contributed by atoms with Crippen LogP contribution in [0.1, 0.15) is 11.1 Å². The number of hydrogen-bond donors (Lipinski definition) is 1. The number of aromatic nitrogens is 3. The molecule has 0 aliphatic carbocycles. The maximum Gasteiger partial charge on any atom is 0.250 e. The third-order valence-corrected chi connectivity index (χ3v) is 6.13. The lowest BCUT2D eigenvalue weighted by Crippen LogP contribution is -2.19. The van der Waals surface area contributed by atoms with Gasteiger partial charge in [0, 0.05) is 15.7 Å². The number of allylic oxidation sites excluding steroid dienone is 1. The van der Waals surface area contributed by atoms with Crippen LogP contribution in [0, 0.1) is 6.92 Å². The van der Waals surface area contributed by atoms with Gasteiger partial charge in [-0.2, -0.15) is 5.10 Å². The van der Waals surface area contributed by atoms with Gasteiger partial charge < -0.3 is 0 Å². The zero-order valence-electron chi connectivity index (χ0n) is 18.4. The number of benzene rings is 3. The standard InChI is InChI=1S/C26H22BrN5OS/c1-19-12-14-23(15-13-19)32-25(21-10-6-3-7-11-21)30-31-26(32)34-18-24(33)29-28-17-22(27)16-20-8-4-2-5-9-20/h2-17H,18H2,1H3,(H,29,33). The van der Waals surface area contributed by atoms with Gasteiger partial charge in [-0.3, -0.25) is 9.36 Å². The Hall–Kier alpha value is -3.49. The zero-order chi connectivity index (χ0) is 23.8.